The Hall–Kier alpha value is -3.42. The Morgan fingerprint density at radius 3 is 2.57 bits per heavy atom. The second kappa shape index (κ2) is 10.4. The first-order chi connectivity index (χ1) is 14.6. The van der Waals surface area contributed by atoms with E-state index in [1.54, 1.807) is 7.11 Å². The quantitative estimate of drug-likeness (QED) is 0.505. The number of carbonyl (C=O) groups is 1. The minimum atomic E-state index is -0.557. The average Bonchev–Trinajstić information content (AvgIpc) is 3.25. The fourth-order valence-corrected chi connectivity index (χ4v) is 2.90. The third kappa shape index (κ3) is 5.56. The van der Waals surface area contributed by atoms with Gasteiger partial charge in [0, 0.05) is 24.1 Å². The van der Waals surface area contributed by atoms with Crippen LogP contribution in [0, 0.1) is 5.82 Å². The number of hydrogen-bond acceptors (Lipinski definition) is 6. The van der Waals surface area contributed by atoms with E-state index in [4.69, 9.17) is 14.0 Å². The van der Waals surface area contributed by atoms with Gasteiger partial charge < -0.3 is 19.3 Å². The van der Waals surface area contributed by atoms with Crippen molar-refractivity contribution in [2.45, 2.75) is 25.7 Å². The molecule has 0 aliphatic heterocycles. The highest BCUT2D eigenvalue weighted by molar-refractivity contribution is 5.94. The van der Waals surface area contributed by atoms with E-state index in [2.05, 4.69) is 15.5 Å². The summed E-state index contributed by atoms with van der Waals surface area (Å²) < 4.78 is 29.0. The summed E-state index contributed by atoms with van der Waals surface area (Å²) in [5, 5.41) is 6.80. The first-order valence-electron chi connectivity index (χ1n) is 9.69. The Bertz CT molecular complexity index is 973. The summed E-state index contributed by atoms with van der Waals surface area (Å²) in [4.78, 5) is 16.5. The van der Waals surface area contributed by atoms with Gasteiger partial charge in [-0.05, 0) is 55.3 Å². The minimum Gasteiger partial charge on any atom is -0.497 e. The van der Waals surface area contributed by atoms with Crippen LogP contribution < -0.4 is 14.8 Å². The van der Waals surface area contributed by atoms with Crippen LogP contribution in [0.15, 0.2) is 47.0 Å². The van der Waals surface area contributed by atoms with E-state index >= 15 is 0 Å². The molecule has 0 unspecified atom stereocenters. The maximum Gasteiger partial charge on any atom is 0.251 e. The predicted octanol–water partition coefficient (Wildman–Crippen LogP) is 4.04. The highest BCUT2D eigenvalue weighted by Gasteiger charge is 2.10. The molecule has 1 N–H and O–H groups in total. The molecule has 1 heterocycles. The molecule has 1 amide bonds. The zero-order valence-electron chi connectivity index (χ0n) is 17.0. The second-order valence-corrected chi connectivity index (χ2v) is 6.66. The van der Waals surface area contributed by atoms with E-state index in [0.717, 1.165) is 30.6 Å². The number of ether oxygens (including phenoxy) is 2. The highest BCUT2D eigenvalue weighted by atomic mass is 19.1. The summed E-state index contributed by atoms with van der Waals surface area (Å²) in [6.45, 7) is 0.507. The lowest BCUT2D eigenvalue weighted by atomic mass is 10.1. The van der Waals surface area contributed by atoms with E-state index in [1.807, 2.05) is 24.3 Å². The summed E-state index contributed by atoms with van der Waals surface area (Å²) in [7, 11) is 3.00. The number of aromatic nitrogens is 2. The third-order valence-electron chi connectivity index (χ3n) is 4.58. The van der Waals surface area contributed by atoms with Crippen molar-refractivity contribution in [3.63, 3.8) is 0 Å². The van der Waals surface area contributed by atoms with Crippen LogP contribution in [0.1, 0.15) is 35.5 Å². The van der Waals surface area contributed by atoms with Gasteiger partial charge in [-0.3, -0.25) is 4.79 Å². The topological polar surface area (TPSA) is 86.5 Å². The number of hydrogen-bond donors (Lipinski definition) is 1. The van der Waals surface area contributed by atoms with E-state index in [-0.39, 0.29) is 17.2 Å². The normalized spacial score (nSPS) is 10.6. The molecule has 0 bridgehead atoms. The molecule has 0 atom stereocenters. The molecule has 0 spiro atoms. The molecule has 3 aromatic rings. The van der Waals surface area contributed by atoms with Crippen molar-refractivity contribution in [1.82, 2.24) is 15.5 Å². The predicted molar refractivity (Wildman–Crippen MR) is 109 cm³/mol. The number of methoxy groups -OCH3 is 2. The Balaban J connectivity index is 1.37. The van der Waals surface area contributed by atoms with Gasteiger partial charge in [0.15, 0.2) is 11.6 Å². The fraction of sp³-hybridized carbons (Fsp3) is 0.318. The van der Waals surface area contributed by atoms with Gasteiger partial charge in [-0.2, -0.15) is 4.98 Å². The number of amides is 1. The lowest BCUT2D eigenvalue weighted by Gasteiger charge is -2.07. The fourth-order valence-electron chi connectivity index (χ4n) is 2.90. The van der Waals surface area contributed by atoms with Crippen molar-refractivity contribution >= 4 is 5.91 Å². The number of rotatable bonds is 10. The summed E-state index contributed by atoms with van der Waals surface area (Å²) in [5.74, 6) is 1.15. The highest BCUT2D eigenvalue weighted by Crippen LogP contribution is 2.20. The number of benzene rings is 2. The second-order valence-electron chi connectivity index (χ2n) is 6.66. The van der Waals surface area contributed by atoms with Gasteiger partial charge in [-0.15, -0.1) is 0 Å². The average molecular weight is 413 g/mol. The third-order valence-corrected chi connectivity index (χ3v) is 4.58. The van der Waals surface area contributed by atoms with E-state index in [9.17, 15) is 9.18 Å². The number of nitrogens with zero attached hydrogens (tertiary/aromatic N) is 2. The van der Waals surface area contributed by atoms with Crippen molar-refractivity contribution in [3.05, 3.63) is 59.7 Å². The van der Waals surface area contributed by atoms with Crippen LogP contribution in [0.5, 0.6) is 11.5 Å². The Labute approximate surface area is 174 Å². The summed E-state index contributed by atoms with van der Waals surface area (Å²) >= 11 is 0. The van der Waals surface area contributed by atoms with Gasteiger partial charge in [0.05, 0.1) is 14.2 Å². The molecule has 0 aliphatic rings. The van der Waals surface area contributed by atoms with Gasteiger partial charge in [0.1, 0.15) is 5.75 Å². The molecule has 0 saturated carbocycles. The molecule has 1 aromatic heterocycles. The molecule has 2 aromatic carbocycles. The molecule has 7 nitrogen and oxygen atoms in total. The number of halogens is 1. The molecular weight excluding hydrogens is 389 g/mol. The van der Waals surface area contributed by atoms with Crippen molar-refractivity contribution < 1.29 is 23.2 Å². The molecule has 0 fully saturated rings. The number of aryl methyl sites for hydroxylation is 1. The molecule has 0 radical (unpaired) electrons. The first kappa shape index (κ1) is 21.3. The van der Waals surface area contributed by atoms with Crippen LogP contribution in [-0.4, -0.2) is 36.8 Å². The lowest BCUT2D eigenvalue weighted by Crippen LogP contribution is -2.24. The van der Waals surface area contributed by atoms with Crippen LogP contribution >= 0.6 is 0 Å². The van der Waals surface area contributed by atoms with Crippen LogP contribution in [0.25, 0.3) is 11.4 Å². The summed E-state index contributed by atoms with van der Waals surface area (Å²) in [6, 6.07) is 11.6. The molecular formula is C22H24FN3O4. The Morgan fingerprint density at radius 1 is 1.07 bits per heavy atom. The SMILES string of the molecule is COc1ccc(-c2noc(CCCCCNC(=O)c3ccc(OC)c(F)c3)n2)cc1. The zero-order valence-corrected chi connectivity index (χ0v) is 17.0. The maximum atomic E-state index is 13.7. The maximum absolute atomic E-state index is 13.7. The van der Waals surface area contributed by atoms with E-state index in [1.165, 1.54) is 25.3 Å². The summed E-state index contributed by atoms with van der Waals surface area (Å²) in [6.07, 6.45) is 3.21. The van der Waals surface area contributed by atoms with Crippen molar-refractivity contribution in [2.75, 3.05) is 20.8 Å². The largest absolute Gasteiger partial charge is 0.497 e. The van der Waals surface area contributed by atoms with Gasteiger partial charge in [0.2, 0.25) is 11.7 Å². The van der Waals surface area contributed by atoms with E-state index in [0.29, 0.717) is 24.7 Å². The Kier molecular flexibility index (Phi) is 7.37. The van der Waals surface area contributed by atoms with Gasteiger partial charge in [0.25, 0.3) is 5.91 Å². The number of carbonyl (C=O) groups excluding carboxylic acids is 1. The Morgan fingerprint density at radius 2 is 1.87 bits per heavy atom. The van der Waals surface area contributed by atoms with Gasteiger partial charge in [-0.25, -0.2) is 4.39 Å². The zero-order chi connectivity index (χ0) is 21.3. The monoisotopic (exact) mass is 413 g/mol. The standard InChI is InChI=1S/C22H24FN3O4/c1-28-17-10-7-15(8-11-17)21-25-20(30-26-21)6-4-3-5-13-24-22(27)16-9-12-19(29-2)18(23)14-16/h7-12,14H,3-6,13H2,1-2H3,(H,24,27). The molecule has 0 aliphatic carbocycles. The number of unbranched alkanes of at least 4 members (excludes halogenated alkanes) is 2. The first-order valence-corrected chi connectivity index (χ1v) is 9.69. The smallest absolute Gasteiger partial charge is 0.251 e. The van der Waals surface area contributed by atoms with Crippen molar-refractivity contribution in [2.24, 2.45) is 0 Å². The van der Waals surface area contributed by atoms with Gasteiger partial charge >= 0.3 is 0 Å². The van der Waals surface area contributed by atoms with Crippen molar-refractivity contribution in [3.8, 4) is 22.9 Å². The molecule has 30 heavy (non-hydrogen) atoms. The van der Waals surface area contributed by atoms with E-state index < -0.39 is 5.82 Å². The van der Waals surface area contributed by atoms with Gasteiger partial charge in [-0.1, -0.05) is 11.6 Å². The van der Waals surface area contributed by atoms with Crippen LogP contribution in [0.2, 0.25) is 0 Å². The molecule has 8 heteroatoms. The number of nitrogens with one attached hydrogen (secondary N) is 1. The molecule has 158 valence electrons. The van der Waals surface area contributed by atoms with Crippen LogP contribution in [-0.2, 0) is 6.42 Å². The van der Waals surface area contributed by atoms with Crippen LogP contribution in [0.4, 0.5) is 4.39 Å². The lowest BCUT2D eigenvalue weighted by molar-refractivity contribution is 0.0952. The molecule has 0 saturated heterocycles. The molecule has 3 rings (SSSR count). The van der Waals surface area contributed by atoms with Crippen molar-refractivity contribution in [1.29, 1.82) is 0 Å². The summed E-state index contributed by atoms with van der Waals surface area (Å²) in [5.41, 5.74) is 1.13. The minimum absolute atomic E-state index is 0.114. The van der Waals surface area contributed by atoms with Crippen LogP contribution in [0.3, 0.4) is 0 Å².